The van der Waals surface area contributed by atoms with Gasteiger partial charge in [-0.2, -0.15) is 0 Å². The number of benzene rings is 3. The number of primary sulfonamides is 1. The Balaban J connectivity index is 0.000000160. The molecule has 1 heterocycles. The molecule has 10 heteroatoms. The molecule has 0 spiro atoms. The molecule has 158 valence electrons. The Hall–Kier alpha value is -2.72. The lowest BCUT2D eigenvalue weighted by molar-refractivity contribution is 0.450. The van der Waals surface area contributed by atoms with Crippen LogP contribution >= 0.6 is 10.7 Å². The zero-order chi connectivity index (χ0) is 22.2. The lowest BCUT2D eigenvalue weighted by Crippen LogP contribution is -2.11. The number of fused-ring (bicyclic) bond motifs is 1. The van der Waals surface area contributed by atoms with Crippen molar-refractivity contribution in [1.29, 1.82) is 0 Å². The molecule has 0 aliphatic rings. The summed E-state index contributed by atoms with van der Waals surface area (Å²) in [5, 5.41) is 9.75. The van der Waals surface area contributed by atoms with E-state index in [1.165, 1.54) is 24.3 Å². The molecule has 7 nitrogen and oxygen atoms in total. The van der Waals surface area contributed by atoms with Crippen molar-refractivity contribution in [2.24, 2.45) is 5.14 Å². The van der Waals surface area contributed by atoms with E-state index in [-0.39, 0.29) is 9.79 Å². The Bertz CT molecular complexity index is 1220. The molecule has 0 aliphatic heterocycles. The number of aromatic nitrogens is 1. The smallest absolute Gasteiger partial charge is 0.261 e. The second-order valence-corrected chi connectivity index (χ2v) is 10.0. The Kier molecular flexibility index (Phi) is 8.13. The number of halogens is 1. The van der Waals surface area contributed by atoms with Gasteiger partial charge < -0.3 is 4.52 Å². The highest BCUT2D eigenvalue weighted by atomic mass is 35.7. The summed E-state index contributed by atoms with van der Waals surface area (Å²) in [6.45, 7) is 1.94. The number of nitrogens with two attached hydrogens (primary N) is 1. The molecule has 0 saturated heterocycles. The van der Waals surface area contributed by atoms with Gasteiger partial charge in [-0.05, 0) is 43.3 Å². The third-order valence-electron chi connectivity index (χ3n) is 3.65. The van der Waals surface area contributed by atoms with E-state index in [1.807, 2.05) is 31.2 Å². The summed E-state index contributed by atoms with van der Waals surface area (Å²) in [5.74, 6) is 0. The molecule has 4 aromatic rings. The Labute approximate surface area is 179 Å². The van der Waals surface area contributed by atoms with Gasteiger partial charge in [-0.1, -0.05) is 53.7 Å². The van der Waals surface area contributed by atoms with Gasteiger partial charge in [-0.15, -0.1) is 0 Å². The highest BCUT2D eigenvalue weighted by Gasteiger charge is 2.06. The minimum Gasteiger partial charge on any atom is -0.356 e. The van der Waals surface area contributed by atoms with E-state index in [0.29, 0.717) is 0 Å². The van der Waals surface area contributed by atoms with E-state index in [2.05, 4.69) is 5.16 Å². The normalized spacial score (nSPS) is 11.0. The molecule has 0 radical (unpaired) electrons. The quantitative estimate of drug-likeness (QED) is 0.444. The second-order valence-electron chi connectivity index (χ2n) is 5.87. The first-order chi connectivity index (χ1) is 14.1. The van der Waals surface area contributed by atoms with Gasteiger partial charge >= 0.3 is 0 Å². The number of sulfonamides is 1. The summed E-state index contributed by atoms with van der Waals surface area (Å²) in [6.07, 6.45) is 0. The maximum Gasteiger partial charge on any atom is 0.261 e. The van der Waals surface area contributed by atoms with E-state index in [9.17, 15) is 16.8 Å². The summed E-state index contributed by atoms with van der Waals surface area (Å²) in [4.78, 5) is 0.284. The van der Waals surface area contributed by atoms with E-state index in [0.717, 1.165) is 16.7 Å². The number of hydrogen-bond acceptors (Lipinski definition) is 6. The Morgan fingerprint density at radius 2 is 1.23 bits per heavy atom. The second kappa shape index (κ2) is 10.4. The van der Waals surface area contributed by atoms with Crippen LogP contribution in [0.15, 0.2) is 99.2 Å². The molecule has 30 heavy (non-hydrogen) atoms. The zero-order valence-electron chi connectivity index (χ0n) is 15.8. The van der Waals surface area contributed by atoms with Crippen LogP contribution in [0.1, 0.15) is 5.69 Å². The minimum atomic E-state index is -3.53. The van der Waals surface area contributed by atoms with Crippen LogP contribution in [-0.4, -0.2) is 22.0 Å². The molecular formula is C20H19ClN2O5S2. The minimum absolute atomic E-state index is 0.136. The topological polar surface area (TPSA) is 120 Å². The van der Waals surface area contributed by atoms with E-state index < -0.39 is 19.1 Å². The molecule has 0 saturated carbocycles. The third kappa shape index (κ3) is 7.27. The average molecular weight is 467 g/mol. The fraction of sp³-hybridized carbons (Fsp3) is 0.0500. The van der Waals surface area contributed by atoms with Crippen molar-refractivity contribution < 1.29 is 21.4 Å². The first kappa shape index (κ1) is 23.6. The summed E-state index contributed by atoms with van der Waals surface area (Å²) >= 11 is 0. The molecule has 2 N–H and O–H groups in total. The molecule has 0 amide bonds. The predicted octanol–water partition coefficient (Wildman–Crippen LogP) is 4.08. The number of para-hydroxylation sites is 1. The molecule has 0 fully saturated rings. The average Bonchev–Trinajstić information content (AvgIpc) is 3.10. The van der Waals surface area contributed by atoms with Gasteiger partial charge in [0.15, 0.2) is 5.58 Å². The van der Waals surface area contributed by atoms with Crippen molar-refractivity contribution >= 4 is 40.7 Å². The number of hydrogen-bond donors (Lipinski definition) is 1. The van der Waals surface area contributed by atoms with E-state index in [1.54, 1.807) is 36.4 Å². The van der Waals surface area contributed by atoms with Crippen LogP contribution in [0.25, 0.3) is 11.0 Å². The fourth-order valence-corrected chi connectivity index (χ4v) is 3.53. The summed E-state index contributed by atoms with van der Waals surface area (Å²) in [5.41, 5.74) is 1.82. The number of rotatable bonds is 2. The van der Waals surface area contributed by atoms with Gasteiger partial charge in [0.2, 0.25) is 10.0 Å². The van der Waals surface area contributed by atoms with Crippen molar-refractivity contribution in [1.82, 2.24) is 5.16 Å². The van der Waals surface area contributed by atoms with Crippen LogP contribution < -0.4 is 5.14 Å². The zero-order valence-corrected chi connectivity index (χ0v) is 18.2. The van der Waals surface area contributed by atoms with E-state index >= 15 is 0 Å². The first-order valence-electron chi connectivity index (χ1n) is 8.47. The third-order valence-corrected chi connectivity index (χ3v) is 5.95. The predicted molar refractivity (Wildman–Crippen MR) is 116 cm³/mol. The van der Waals surface area contributed by atoms with Crippen LogP contribution in [0.2, 0.25) is 0 Å². The molecule has 0 aliphatic carbocycles. The van der Waals surface area contributed by atoms with Crippen molar-refractivity contribution in [3.63, 3.8) is 0 Å². The Morgan fingerprint density at radius 3 is 1.63 bits per heavy atom. The summed E-state index contributed by atoms with van der Waals surface area (Å²) in [7, 11) is -2.00. The molecule has 3 aromatic carbocycles. The fourth-order valence-electron chi connectivity index (χ4n) is 2.21. The van der Waals surface area contributed by atoms with Gasteiger partial charge in [-0.25, -0.2) is 22.0 Å². The summed E-state index contributed by atoms with van der Waals surface area (Å²) in [6, 6.07) is 23.6. The largest absolute Gasteiger partial charge is 0.356 e. The maximum atomic E-state index is 10.6. The number of aryl methyl sites for hydroxylation is 1. The highest BCUT2D eigenvalue weighted by Crippen LogP contribution is 2.15. The van der Waals surface area contributed by atoms with Gasteiger partial charge in [0.25, 0.3) is 9.05 Å². The molecule has 0 bridgehead atoms. The lowest BCUT2D eigenvalue weighted by atomic mass is 10.2. The van der Waals surface area contributed by atoms with Crippen LogP contribution in [0.4, 0.5) is 0 Å². The van der Waals surface area contributed by atoms with Crippen LogP contribution in [-0.2, 0) is 19.1 Å². The van der Waals surface area contributed by atoms with E-state index in [4.69, 9.17) is 20.3 Å². The lowest BCUT2D eigenvalue weighted by Gasteiger charge is -1.93. The van der Waals surface area contributed by atoms with Gasteiger partial charge in [0, 0.05) is 16.1 Å². The molecule has 0 unspecified atom stereocenters. The molecular weight excluding hydrogens is 448 g/mol. The van der Waals surface area contributed by atoms with Crippen LogP contribution in [0.3, 0.4) is 0 Å². The SMILES string of the molecule is Cc1noc2ccccc12.NS(=O)(=O)c1ccccc1.O=S(=O)(Cl)c1ccccc1. The van der Waals surface area contributed by atoms with Crippen LogP contribution in [0.5, 0.6) is 0 Å². The Morgan fingerprint density at radius 1 is 0.767 bits per heavy atom. The van der Waals surface area contributed by atoms with Crippen molar-refractivity contribution in [2.75, 3.05) is 0 Å². The van der Waals surface area contributed by atoms with Crippen molar-refractivity contribution in [3.8, 4) is 0 Å². The maximum absolute atomic E-state index is 10.6. The summed E-state index contributed by atoms with van der Waals surface area (Å²) < 4.78 is 47.4. The monoisotopic (exact) mass is 466 g/mol. The molecule has 4 rings (SSSR count). The van der Waals surface area contributed by atoms with Crippen molar-refractivity contribution in [2.45, 2.75) is 16.7 Å². The van der Waals surface area contributed by atoms with Gasteiger partial charge in [0.1, 0.15) is 0 Å². The first-order valence-corrected chi connectivity index (χ1v) is 12.3. The standard InChI is InChI=1S/C8H7NO.C6H5ClO2S.C6H7NO2S/c1-6-7-4-2-3-5-8(7)10-9-6;2*7-10(8,9)6-4-2-1-3-5-6/h2-5H,1H3;1-5H;1-5H,(H2,7,8,9). The highest BCUT2D eigenvalue weighted by molar-refractivity contribution is 8.13. The van der Waals surface area contributed by atoms with Gasteiger partial charge in [-0.3, -0.25) is 0 Å². The molecule has 1 aromatic heterocycles. The van der Waals surface area contributed by atoms with Crippen molar-refractivity contribution in [3.05, 3.63) is 90.6 Å². The van der Waals surface area contributed by atoms with Gasteiger partial charge in [0.05, 0.1) is 15.5 Å². The number of nitrogens with zero attached hydrogens (tertiary/aromatic N) is 1. The van der Waals surface area contributed by atoms with Crippen LogP contribution in [0, 0.1) is 6.92 Å². The molecule has 0 atom stereocenters.